The van der Waals surface area contributed by atoms with Crippen LogP contribution in [0.4, 0.5) is 0 Å². The predicted molar refractivity (Wildman–Crippen MR) is 120 cm³/mol. The average Bonchev–Trinajstić information content (AvgIpc) is 3.43. The van der Waals surface area contributed by atoms with Crippen molar-refractivity contribution >= 4 is 11.6 Å². The Morgan fingerprint density at radius 3 is 2.35 bits per heavy atom. The Balaban J connectivity index is 1.59. The lowest BCUT2D eigenvalue weighted by atomic mass is 10.1. The SMILES string of the molecule is CC(C)Cc1nc(CC(C)C)n(Cc2ccc(-n3c(Cl)ccc3-c3nn[nH]n3)cc2)n1. The van der Waals surface area contributed by atoms with Gasteiger partial charge in [0.1, 0.15) is 11.0 Å². The first kappa shape index (κ1) is 21.2. The van der Waals surface area contributed by atoms with Crippen molar-refractivity contribution < 1.29 is 0 Å². The number of halogens is 1. The summed E-state index contributed by atoms with van der Waals surface area (Å²) in [6.45, 7) is 9.48. The van der Waals surface area contributed by atoms with Gasteiger partial charge in [0.05, 0.1) is 12.2 Å². The van der Waals surface area contributed by atoms with Crippen LogP contribution in [0.1, 0.15) is 44.9 Å². The van der Waals surface area contributed by atoms with E-state index < -0.39 is 0 Å². The van der Waals surface area contributed by atoms with E-state index in [-0.39, 0.29) is 0 Å². The zero-order chi connectivity index (χ0) is 22.0. The molecular weight excluding hydrogens is 412 g/mol. The van der Waals surface area contributed by atoms with Crippen molar-refractivity contribution in [3.63, 3.8) is 0 Å². The summed E-state index contributed by atoms with van der Waals surface area (Å²) in [6, 6.07) is 12.0. The largest absolute Gasteiger partial charge is 0.297 e. The van der Waals surface area contributed by atoms with Crippen molar-refractivity contribution in [2.24, 2.45) is 11.8 Å². The van der Waals surface area contributed by atoms with E-state index in [1.54, 1.807) is 0 Å². The molecule has 0 radical (unpaired) electrons. The van der Waals surface area contributed by atoms with Gasteiger partial charge in [-0.2, -0.15) is 10.3 Å². The van der Waals surface area contributed by atoms with Gasteiger partial charge in [0.15, 0.2) is 5.82 Å². The summed E-state index contributed by atoms with van der Waals surface area (Å²) < 4.78 is 3.94. The van der Waals surface area contributed by atoms with Crippen LogP contribution < -0.4 is 0 Å². The van der Waals surface area contributed by atoms with Crippen LogP contribution in [0.15, 0.2) is 36.4 Å². The van der Waals surface area contributed by atoms with Crippen molar-refractivity contribution in [1.82, 2.24) is 40.0 Å². The van der Waals surface area contributed by atoms with Gasteiger partial charge in [-0.05, 0) is 46.9 Å². The highest BCUT2D eigenvalue weighted by Gasteiger charge is 2.15. The van der Waals surface area contributed by atoms with Gasteiger partial charge in [-0.3, -0.25) is 4.57 Å². The first-order valence-corrected chi connectivity index (χ1v) is 10.9. The van der Waals surface area contributed by atoms with Gasteiger partial charge >= 0.3 is 0 Å². The van der Waals surface area contributed by atoms with Crippen molar-refractivity contribution in [1.29, 1.82) is 0 Å². The van der Waals surface area contributed by atoms with Gasteiger partial charge in [-0.1, -0.05) is 51.4 Å². The molecule has 0 saturated carbocycles. The third-order valence-electron chi connectivity index (χ3n) is 4.91. The van der Waals surface area contributed by atoms with Crippen molar-refractivity contribution in [2.75, 3.05) is 0 Å². The first-order valence-electron chi connectivity index (χ1n) is 10.5. The molecule has 0 atom stereocenters. The summed E-state index contributed by atoms with van der Waals surface area (Å²) in [5.41, 5.74) is 2.86. The van der Waals surface area contributed by atoms with Gasteiger partial charge in [0.2, 0.25) is 5.82 Å². The molecule has 0 unspecified atom stereocenters. The summed E-state index contributed by atoms with van der Waals surface area (Å²) in [7, 11) is 0. The van der Waals surface area contributed by atoms with E-state index in [4.69, 9.17) is 21.7 Å². The fraction of sp³-hybridized carbons (Fsp3) is 0.409. The zero-order valence-corrected chi connectivity index (χ0v) is 19.0. The second kappa shape index (κ2) is 9.01. The second-order valence-electron chi connectivity index (χ2n) is 8.58. The highest BCUT2D eigenvalue weighted by atomic mass is 35.5. The number of hydrogen-bond acceptors (Lipinski definition) is 5. The van der Waals surface area contributed by atoms with Crippen LogP contribution in [-0.2, 0) is 19.4 Å². The van der Waals surface area contributed by atoms with E-state index in [0.717, 1.165) is 41.4 Å². The van der Waals surface area contributed by atoms with Crippen molar-refractivity contribution in [3.05, 3.63) is 58.8 Å². The van der Waals surface area contributed by atoms with Crippen LogP contribution >= 0.6 is 11.6 Å². The smallest absolute Gasteiger partial charge is 0.221 e. The molecule has 4 aromatic rings. The standard InChI is InChI=1S/C22H27ClN8/c1-14(2)11-20-24-21(12-15(3)4)30(27-20)13-16-5-7-17(8-6-16)31-18(9-10-19(31)23)22-25-28-29-26-22/h5-10,14-15H,11-13H2,1-4H3,(H,25,26,28,29). The molecular formula is C22H27ClN8. The number of rotatable bonds is 8. The highest BCUT2D eigenvalue weighted by molar-refractivity contribution is 6.30. The van der Waals surface area contributed by atoms with Crippen LogP contribution in [-0.4, -0.2) is 40.0 Å². The zero-order valence-electron chi connectivity index (χ0n) is 18.2. The minimum atomic E-state index is 0.495. The molecule has 0 spiro atoms. The lowest BCUT2D eigenvalue weighted by Gasteiger charge is -2.11. The number of nitrogens with one attached hydrogen (secondary N) is 1. The van der Waals surface area contributed by atoms with Crippen LogP contribution in [0, 0.1) is 11.8 Å². The third-order valence-corrected chi connectivity index (χ3v) is 5.20. The fourth-order valence-corrected chi connectivity index (χ4v) is 3.81. The van der Waals surface area contributed by atoms with Gasteiger partial charge in [0, 0.05) is 18.5 Å². The lowest BCUT2D eigenvalue weighted by Crippen LogP contribution is -2.09. The van der Waals surface area contributed by atoms with Gasteiger partial charge in [-0.15, -0.1) is 10.2 Å². The van der Waals surface area contributed by atoms with E-state index in [9.17, 15) is 0 Å². The number of hydrogen-bond donors (Lipinski definition) is 1. The van der Waals surface area contributed by atoms with Gasteiger partial charge in [0.25, 0.3) is 0 Å². The molecule has 3 heterocycles. The van der Waals surface area contributed by atoms with Crippen LogP contribution in [0.3, 0.4) is 0 Å². The molecule has 1 N–H and O–H groups in total. The molecule has 9 heteroatoms. The topological polar surface area (TPSA) is 90.1 Å². The summed E-state index contributed by atoms with van der Waals surface area (Å²) in [5, 5.41) is 19.6. The molecule has 0 amide bonds. The van der Waals surface area contributed by atoms with E-state index in [1.165, 1.54) is 0 Å². The third kappa shape index (κ3) is 4.85. The Morgan fingerprint density at radius 1 is 0.968 bits per heavy atom. The summed E-state index contributed by atoms with van der Waals surface area (Å²) in [4.78, 5) is 4.80. The van der Waals surface area contributed by atoms with Crippen LogP contribution in [0.25, 0.3) is 17.2 Å². The minimum Gasteiger partial charge on any atom is -0.297 e. The Bertz CT molecular complexity index is 1120. The molecule has 8 nitrogen and oxygen atoms in total. The number of aromatic amines is 1. The maximum absolute atomic E-state index is 6.43. The van der Waals surface area contributed by atoms with E-state index in [1.807, 2.05) is 33.5 Å². The summed E-state index contributed by atoms with van der Waals surface area (Å²) >= 11 is 6.43. The Kier molecular flexibility index (Phi) is 6.18. The number of benzene rings is 1. The molecule has 1 aromatic carbocycles. The molecule has 0 fully saturated rings. The number of H-pyrrole nitrogens is 1. The second-order valence-corrected chi connectivity index (χ2v) is 8.96. The first-order chi connectivity index (χ1) is 14.9. The van der Waals surface area contributed by atoms with E-state index in [2.05, 4.69) is 60.5 Å². The normalized spacial score (nSPS) is 11.7. The van der Waals surface area contributed by atoms with E-state index >= 15 is 0 Å². The Labute approximate surface area is 186 Å². The molecule has 4 rings (SSSR count). The van der Waals surface area contributed by atoms with Gasteiger partial charge in [-0.25, -0.2) is 9.67 Å². The summed E-state index contributed by atoms with van der Waals surface area (Å²) in [5.74, 6) is 3.52. The van der Waals surface area contributed by atoms with Crippen LogP contribution in [0.2, 0.25) is 5.15 Å². The maximum Gasteiger partial charge on any atom is 0.221 e. The van der Waals surface area contributed by atoms with E-state index in [0.29, 0.717) is 29.4 Å². The fourth-order valence-electron chi connectivity index (χ4n) is 3.56. The molecule has 0 aliphatic carbocycles. The monoisotopic (exact) mass is 438 g/mol. The quantitative estimate of drug-likeness (QED) is 0.441. The Hall–Kier alpha value is -3.00. The number of aromatic nitrogens is 8. The Morgan fingerprint density at radius 2 is 1.71 bits per heavy atom. The van der Waals surface area contributed by atoms with Crippen molar-refractivity contribution in [3.8, 4) is 17.2 Å². The number of tetrazole rings is 1. The molecule has 162 valence electrons. The molecule has 0 aliphatic rings. The molecule has 0 saturated heterocycles. The highest BCUT2D eigenvalue weighted by Crippen LogP contribution is 2.27. The number of nitrogens with zero attached hydrogens (tertiary/aromatic N) is 7. The van der Waals surface area contributed by atoms with Crippen molar-refractivity contribution in [2.45, 2.75) is 47.1 Å². The molecule has 0 bridgehead atoms. The maximum atomic E-state index is 6.43. The van der Waals surface area contributed by atoms with Gasteiger partial charge < -0.3 is 0 Å². The molecule has 31 heavy (non-hydrogen) atoms. The molecule has 0 aliphatic heterocycles. The van der Waals surface area contributed by atoms with Crippen LogP contribution in [0.5, 0.6) is 0 Å². The minimum absolute atomic E-state index is 0.495. The predicted octanol–water partition coefficient (Wildman–Crippen LogP) is 4.35. The average molecular weight is 439 g/mol. The lowest BCUT2D eigenvalue weighted by molar-refractivity contribution is 0.560. The molecule has 3 aromatic heterocycles. The summed E-state index contributed by atoms with van der Waals surface area (Å²) in [6.07, 6.45) is 1.80.